The number of carbonyl (C=O) groups is 2. The molecule has 3 rings (SSSR count). The van der Waals surface area contributed by atoms with E-state index in [1.807, 2.05) is 29.2 Å². The zero-order chi connectivity index (χ0) is 19.9. The number of aromatic nitrogens is 2. The number of nitrogens with zero attached hydrogens (tertiary/aromatic N) is 4. The molecule has 0 spiro atoms. The lowest BCUT2D eigenvalue weighted by Crippen LogP contribution is -2.48. The maximum atomic E-state index is 12.8. The molecule has 0 radical (unpaired) electrons. The molecule has 8 heteroatoms. The first-order valence-electron chi connectivity index (χ1n) is 9.07. The van der Waals surface area contributed by atoms with Crippen molar-refractivity contribution in [1.82, 2.24) is 9.97 Å². The van der Waals surface area contributed by atoms with E-state index in [2.05, 4.69) is 9.97 Å². The van der Waals surface area contributed by atoms with Crippen molar-refractivity contribution in [3.05, 3.63) is 60.1 Å². The van der Waals surface area contributed by atoms with E-state index in [-0.39, 0.29) is 37.7 Å². The minimum absolute atomic E-state index is 0.145. The van der Waals surface area contributed by atoms with Crippen LogP contribution in [0.3, 0.4) is 0 Å². The van der Waals surface area contributed by atoms with E-state index in [0.29, 0.717) is 11.6 Å². The molecule has 0 saturated heterocycles. The molecule has 2 aromatic rings. The number of carbonyl (C=O) groups excluding carboxylic acids is 2. The predicted octanol–water partition coefficient (Wildman–Crippen LogP) is 2.14. The summed E-state index contributed by atoms with van der Waals surface area (Å²) in [6.45, 7) is 4.29. The van der Waals surface area contributed by atoms with E-state index < -0.39 is 11.9 Å². The Morgan fingerprint density at radius 2 is 1.54 bits per heavy atom. The highest BCUT2D eigenvalue weighted by Gasteiger charge is 2.36. The highest BCUT2D eigenvalue weighted by molar-refractivity contribution is 6.04. The average Bonchev–Trinajstić information content (AvgIpc) is 2.74. The van der Waals surface area contributed by atoms with Crippen molar-refractivity contribution < 1.29 is 19.1 Å². The molecule has 146 valence electrons. The van der Waals surface area contributed by atoms with Crippen molar-refractivity contribution in [2.45, 2.75) is 13.8 Å². The van der Waals surface area contributed by atoms with Gasteiger partial charge in [-0.2, -0.15) is 0 Å². The number of anilines is 2. The van der Waals surface area contributed by atoms with Crippen LogP contribution in [0.25, 0.3) is 0 Å². The molecule has 0 bridgehead atoms. The first-order chi connectivity index (χ1) is 13.7. The van der Waals surface area contributed by atoms with E-state index in [4.69, 9.17) is 9.47 Å². The zero-order valence-electron chi connectivity index (χ0n) is 15.9. The van der Waals surface area contributed by atoms with Crippen molar-refractivity contribution in [1.29, 1.82) is 0 Å². The molecule has 1 aliphatic rings. The molecule has 0 aromatic carbocycles. The number of hydrogen-bond donors (Lipinski definition) is 0. The average molecular weight is 382 g/mol. The normalized spacial score (nSPS) is 14.1. The smallest absolute Gasteiger partial charge is 0.355 e. The van der Waals surface area contributed by atoms with Gasteiger partial charge in [0.25, 0.3) is 0 Å². The van der Waals surface area contributed by atoms with Crippen LogP contribution in [0.5, 0.6) is 0 Å². The predicted molar refractivity (Wildman–Crippen MR) is 103 cm³/mol. The Morgan fingerprint density at radius 3 is 2.11 bits per heavy atom. The van der Waals surface area contributed by atoms with Crippen LogP contribution in [0.1, 0.15) is 13.8 Å². The third-order valence-electron chi connectivity index (χ3n) is 4.11. The van der Waals surface area contributed by atoms with Gasteiger partial charge in [-0.05, 0) is 38.1 Å². The van der Waals surface area contributed by atoms with Crippen LogP contribution in [0.15, 0.2) is 60.1 Å². The Hall–Kier alpha value is -3.42. The Bertz CT molecular complexity index is 855. The standard InChI is InChI=1S/C20H22N4O4/c1-3-27-19(25)15-13-23(16-9-5-7-11-21-16)14-24(17-10-6-8-12-22-17)18(15)20(26)28-4-2/h5-12H,3-4,13-14H2,1-2H3. The highest BCUT2D eigenvalue weighted by Crippen LogP contribution is 2.28. The van der Waals surface area contributed by atoms with Gasteiger partial charge in [-0.25, -0.2) is 19.6 Å². The summed E-state index contributed by atoms with van der Waals surface area (Å²) in [6.07, 6.45) is 3.30. The Morgan fingerprint density at radius 1 is 0.929 bits per heavy atom. The molecular formula is C20H22N4O4. The van der Waals surface area contributed by atoms with E-state index in [0.717, 1.165) is 0 Å². The van der Waals surface area contributed by atoms with Gasteiger partial charge in [-0.15, -0.1) is 0 Å². The van der Waals surface area contributed by atoms with Gasteiger partial charge in [0, 0.05) is 12.4 Å². The van der Waals surface area contributed by atoms with Gasteiger partial charge < -0.3 is 19.3 Å². The summed E-state index contributed by atoms with van der Waals surface area (Å²) in [5.74, 6) is 0.0464. The molecular weight excluding hydrogens is 360 g/mol. The van der Waals surface area contributed by atoms with Gasteiger partial charge >= 0.3 is 11.9 Å². The maximum Gasteiger partial charge on any atom is 0.355 e. The van der Waals surface area contributed by atoms with Crippen LogP contribution in [0.2, 0.25) is 0 Å². The molecule has 0 N–H and O–H groups in total. The molecule has 0 unspecified atom stereocenters. The molecule has 0 atom stereocenters. The first kappa shape index (κ1) is 19.3. The van der Waals surface area contributed by atoms with Crippen LogP contribution in [0, 0.1) is 0 Å². The summed E-state index contributed by atoms with van der Waals surface area (Å²) < 4.78 is 10.4. The number of pyridine rings is 2. The van der Waals surface area contributed by atoms with E-state index in [9.17, 15) is 9.59 Å². The van der Waals surface area contributed by atoms with Crippen molar-refractivity contribution in [3.8, 4) is 0 Å². The SMILES string of the molecule is CCOC(=O)C1=C(C(=O)OCC)N(c2ccccn2)CN(c2ccccn2)C1. The van der Waals surface area contributed by atoms with Crippen molar-refractivity contribution in [2.75, 3.05) is 36.2 Å². The summed E-state index contributed by atoms with van der Waals surface area (Å²) in [7, 11) is 0. The van der Waals surface area contributed by atoms with Crippen LogP contribution in [0.4, 0.5) is 11.6 Å². The molecule has 0 amide bonds. The van der Waals surface area contributed by atoms with Gasteiger partial charge in [0.2, 0.25) is 0 Å². The summed E-state index contributed by atoms with van der Waals surface area (Å²) in [6, 6.07) is 10.9. The lowest BCUT2D eigenvalue weighted by molar-refractivity contribution is -0.142. The van der Waals surface area contributed by atoms with Gasteiger partial charge in [-0.3, -0.25) is 0 Å². The summed E-state index contributed by atoms with van der Waals surface area (Å²) >= 11 is 0. The first-order valence-corrected chi connectivity index (χ1v) is 9.07. The van der Waals surface area contributed by atoms with Gasteiger partial charge in [0.1, 0.15) is 17.3 Å². The van der Waals surface area contributed by atoms with Gasteiger partial charge in [0.15, 0.2) is 0 Å². The Labute approximate surface area is 163 Å². The topological polar surface area (TPSA) is 84.9 Å². The second-order valence-corrected chi connectivity index (χ2v) is 5.91. The number of esters is 2. The maximum absolute atomic E-state index is 12.8. The Balaban J connectivity index is 2.12. The van der Waals surface area contributed by atoms with Crippen molar-refractivity contribution in [2.24, 2.45) is 0 Å². The molecule has 8 nitrogen and oxygen atoms in total. The number of rotatable bonds is 6. The summed E-state index contributed by atoms with van der Waals surface area (Å²) in [4.78, 5) is 37.7. The zero-order valence-corrected chi connectivity index (χ0v) is 15.9. The van der Waals surface area contributed by atoms with Gasteiger partial charge in [-0.1, -0.05) is 12.1 Å². The van der Waals surface area contributed by atoms with E-state index in [1.54, 1.807) is 43.3 Å². The molecule has 1 aliphatic heterocycles. The highest BCUT2D eigenvalue weighted by atomic mass is 16.5. The van der Waals surface area contributed by atoms with Crippen molar-refractivity contribution >= 4 is 23.6 Å². The molecule has 28 heavy (non-hydrogen) atoms. The monoisotopic (exact) mass is 382 g/mol. The van der Waals surface area contributed by atoms with E-state index >= 15 is 0 Å². The molecule has 3 heterocycles. The van der Waals surface area contributed by atoms with Crippen LogP contribution in [-0.2, 0) is 19.1 Å². The van der Waals surface area contributed by atoms with Crippen LogP contribution in [-0.4, -0.2) is 48.3 Å². The molecule has 0 fully saturated rings. The minimum atomic E-state index is -0.586. The third kappa shape index (κ3) is 4.11. The largest absolute Gasteiger partial charge is 0.463 e. The van der Waals surface area contributed by atoms with E-state index in [1.165, 1.54) is 0 Å². The van der Waals surface area contributed by atoms with Gasteiger partial charge in [0.05, 0.1) is 32.0 Å². The van der Waals surface area contributed by atoms with Crippen LogP contribution >= 0.6 is 0 Å². The fourth-order valence-corrected chi connectivity index (χ4v) is 2.93. The summed E-state index contributed by atoms with van der Waals surface area (Å²) in [5, 5.41) is 0. The second-order valence-electron chi connectivity index (χ2n) is 5.91. The lowest BCUT2D eigenvalue weighted by atomic mass is 10.1. The summed E-state index contributed by atoms with van der Waals surface area (Å²) in [5.41, 5.74) is 0.356. The molecule has 0 aliphatic carbocycles. The third-order valence-corrected chi connectivity index (χ3v) is 4.11. The quantitative estimate of drug-likeness (QED) is 0.703. The number of hydrogen-bond acceptors (Lipinski definition) is 8. The minimum Gasteiger partial charge on any atom is -0.463 e. The fraction of sp³-hybridized carbons (Fsp3) is 0.300. The second kappa shape index (κ2) is 8.98. The van der Waals surface area contributed by atoms with Crippen molar-refractivity contribution in [3.63, 3.8) is 0 Å². The van der Waals surface area contributed by atoms with Crippen LogP contribution < -0.4 is 9.80 Å². The fourth-order valence-electron chi connectivity index (χ4n) is 2.93. The Kier molecular flexibility index (Phi) is 6.21. The molecule has 0 saturated carbocycles. The number of ether oxygens (including phenoxy) is 2. The lowest BCUT2D eigenvalue weighted by Gasteiger charge is -2.38. The molecule has 2 aromatic heterocycles.